The van der Waals surface area contributed by atoms with Gasteiger partial charge in [-0.3, -0.25) is 0 Å². The number of hydrogen-bond acceptors (Lipinski definition) is 6. The summed E-state index contributed by atoms with van der Waals surface area (Å²) in [4.78, 5) is 0. The molecule has 0 saturated carbocycles. The van der Waals surface area contributed by atoms with Crippen molar-refractivity contribution in [1.82, 2.24) is 0 Å². The predicted molar refractivity (Wildman–Crippen MR) is 110 cm³/mol. The van der Waals surface area contributed by atoms with Gasteiger partial charge in [0, 0.05) is 7.11 Å². The highest BCUT2D eigenvalue weighted by molar-refractivity contribution is 5.71. The number of aromatic hydroxyl groups is 1. The Morgan fingerprint density at radius 2 is 1.87 bits per heavy atom. The van der Waals surface area contributed by atoms with E-state index in [-0.39, 0.29) is 17.3 Å². The average molecular weight is 420 g/mol. The molecule has 164 valence electrons. The van der Waals surface area contributed by atoms with Crippen molar-refractivity contribution in [3.8, 4) is 22.6 Å². The molecule has 4 atom stereocenters. The Balaban J connectivity index is 1.97. The predicted octanol–water partition coefficient (Wildman–Crippen LogP) is 3.40. The number of rotatable bonds is 6. The molecule has 1 fully saturated rings. The normalized spacial score (nSPS) is 25.8. The third-order valence-electron chi connectivity index (χ3n) is 5.38. The molecule has 30 heavy (non-hydrogen) atoms. The molecule has 1 saturated heterocycles. The second kappa shape index (κ2) is 8.89. The molecule has 1 aliphatic rings. The van der Waals surface area contributed by atoms with Gasteiger partial charge in [-0.25, -0.2) is 4.39 Å². The molecule has 1 heterocycles. The lowest BCUT2D eigenvalue weighted by atomic mass is 9.89. The molecule has 3 N–H and O–H groups in total. The third kappa shape index (κ3) is 4.44. The minimum absolute atomic E-state index is 0.0667. The van der Waals surface area contributed by atoms with Gasteiger partial charge in [0.05, 0.1) is 5.60 Å². The van der Waals surface area contributed by atoms with Crippen molar-refractivity contribution in [3.63, 3.8) is 0 Å². The van der Waals surface area contributed by atoms with E-state index in [2.05, 4.69) is 0 Å². The quantitative estimate of drug-likeness (QED) is 0.664. The second-order valence-corrected chi connectivity index (χ2v) is 8.08. The molecular weight excluding hydrogens is 391 g/mol. The van der Waals surface area contributed by atoms with E-state index in [1.807, 2.05) is 6.92 Å². The maximum Gasteiger partial charge on any atom is 0.229 e. The lowest BCUT2D eigenvalue weighted by Crippen LogP contribution is -2.63. The Morgan fingerprint density at radius 3 is 2.50 bits per heavy atom. The van der Waals surface area contributed by atoms with Gasteiger partial charge >= 0.3 is 0 Å². The van der Waals surface area contributed by atoms with E-state index in [1.165, 1.54) is 19.2 Å². The molecular formula is C23H29FO6. The van der Waals surface area contributed by atoms with Crippen LogP contribution in [0, 0.1) is 5.82 Å². The Hall–Kier alpha value is -2.19. The second-order valence-electron chi connectivity index (χ2n) is 8.08. The van der Waals surface area contributed by atoms with E-state index >= 15 is 0 Å². The van der Waals surface area contributed by atoms with E-state index in [1.54, 1.807) is 38.1 Å². The van der Waals surface area contributed by atoms with E-state index in [0.29, 0.717) is 17.5 Å². The lowest BCUT2D eigenvalue weighted by Gasteiger charge is -2.46. The Labute approximate surface area is 175 Å². The molecule has 0 radical (unpaired) electrons. The molecule has 0 aliphatic carbocycles. The zero-order chi connectivity index (χ0) is 22.1. The monoisotopic (exact) mass is 420 g/mol. The molecule has 0 amide bonds. The fraction of sp³-hybridized carbons (Fsp3) is 0.478. The van der Waals surface area contributed by atoms with E-state index in [0.717, 1.165) is 12.0 Å². The van der Waals surface area contributed by atoms with Crippen molar-refractivity contribution in [1.29, 1.82) is 0 Å². The molecule has 6 nitrogen and oxygen atoms in total. The maximum atomic E-state index is 13.8. The van der Waals surface area contributed by atoms with Gasteiger partial charge in [0.2, 0.25) is 6.29 Å². The minimum Gasteiger partial charge on any atom is -0.504 e. The van der Waals surface area contributed by atoms with Gasteiger partial charge < -0.3 is 29.5 Å². The number of aryl methyl sites for hydroxylation is 1. The van der Waals surface area contributed by atoms with Crippen LogP contribution >= 0.6 is 0 Å². The number of benzene rings is 2. The molecule has 0 spiro atoms. The van der Waals surface area contributed by atoms with Crippen molar-refractivity contribution in [2.75, 3.05) is 7.11 Å². The first-order valence-electron chi connectivity index (χ1n) is 10.0. The van der Waals surface area contributed by atoms with Crippen LogP contribution in [0.4, 0.5) is 4.39 Å². The summed E-state index contributed by atoms with van der Waals surface area (Å²) in [5.74, 6) is -0.431. The number of phenolic OH excluding ortho intramolecular Hbond substituents is 1. The summed E-state index contributed by atoms with van der Waals surface area (Å²) < 4.78 is 30.7. The fourth-order valence-corrected chi connectivity index (χ4v) is 3.94. The standard InChI is InChI=1S/C23H29FO6/c1-5-7-13-11-17(25)18(12-16(13)14-8-6-9-15(24)10-14)29-22-20(27)19(26)21(28-4)23(2,3)30-22/h6,8-12,19-22,25-27H,5,7H2,1-4H3/t19-,20+,21+,22+/m0/s1. The molecule has 0 unspecified atom stereocenters. The molecule has 0 bridgehead atoms. The first-order valence-corrected chi connectivity index (χ1v) is 10.0. The first-order chi connectivity index (χ1) is 14.2. The maximum absolute atomic E-state index is 13.8. The number of hydrogen-bond donors (Lipinski definition) is 3. The van der Waals surface area contributed by atoms with Crippen LogP contribution in [-0.2, 0) is 15.9 Å². The number of halogens is 1. The van der Waals surface area contributed by atoms with Crippen LogP contribution in [0.1, 0.15) is 32.8 Å². The van der Waals surface area contributed by atoms with Crippen LogP contribution < -0.4 is 4.74 Å². The SMILES string of the molecule is CCCc1cc(O)c(O[C@@H]2OC(C)(C)[C@H](OC)[C@@H](O)[C@H]2O)cc1-c1cccc(F)c1. The molecule has 3 rings (SSSR count). The number of aliphatic hydroxyl groups excluding tert-OH is 2. The van der Waals surface area contributed by atoms with Crippen LogP contribution in [-0.4, -0.2) is 52.6 Å². The highest BCUT2D eigenvalue weighted by atomic mass is 19.1. The zero-order valence-electron chi connectivity index (χ0n) is 17.6. The van der Waals surface area contributed by atoms with Crippen LogP contribution in [0.3, 0.4) is 0 Å². The van der Waals surface area contributed by atoms with Crippen LogP contribution in [0.25, 0.3) is 11.1 Å². The summed E-state index contributed by atoms with van der Waals surface area (Å²) in [7, 11) is 1.43. The molecule has 2 aromatic rings. The number of ether oxygens (including phenoxy) is 3. The van der Waals surface area contributed by atoms with Gasteiger partial charge in [0.1, 0.15) is 24.1 Å². The topological polar surface area (TPSA) is 88.4 Å². The average Bonchev–Trinajstić information content (AvgIpc) is 2.68. The van der Waals surface area contributed by atoms with E-state index in [4.69, 9.17) is 14.2 Å². The van der Waals surface area contributed by atoms with Gasteiger partial charge in [-0.05, 0) is 61.2 Å². The summed E-state index contributed by atoms with van der Waals surface area (Å²) in [6.45, 7) is 5.45. The summed E-state index contributed by atoms with van der Waals surface area (Å²) in [5, 5.41) is 31.4. The number of aliphatic hydroxyl groups is 2. The highest BCUT2D eigenvalue weighted by Gasteiger charge is 2.50. The van der Waals surface area contributed by atoms with Gasteiger partial charge in [0.15, 0.2) is 11.5 Å². The summed E-state index contributed by atoms with van der Waals surface area (Å²) >= 11 is 0. The molecule has 2 aromatic carbocycles. The summed E-state index contributed by atoms with van der Waals surface area (Å²) in [5.41, 5.74) is 1.26. The number of methoxy groups -OCH3 is 1. The Bertz CT molecular complexity index is 884. The van der Waals surface area contributed by atoms with Gasteiger partial charge in [-0.2, -0.15) is 0 Å². The van der Waals surface area contributed by atoms with Gasteiger partial charge in [-0.1, -0.05) is 25.5 Å². The minimum atomic E-state index is -1.39. The summed E-state index contributed by atoms with van der Waals surface area (Å²) in [6, 6.07) is 9.35. The lowest BCUT2D eigenvalue weighted by molar-refractivity contribution is -0.306. The molecule has 0 aromatic heterocycles. The summed E-state index contributed by atoms with van der Waals surface area (Å²) in [6.07, 6.45) is -3.10. The van der Waals surface area contributed by atoms with E-state index < -0.39 is 30.2 Å². The number of phenols is 1. The zero-order valence-corrected chi connectivity index (χ0v) is 17.6. The first kappa shape index (κ1) is 22.5. The van der Waals surface area contributed by atoms with Crippen molar-refractivity contribution in [2.45, 2.75) is 63.8 Å². The van der Waals surface area contributed by atoms with E-state index in [9.17, 15) is 19.7 Å². The van der Waals surface area contributed by atoms with Gasteiger partial charge in [0.25, 0.3) is 0 Å². The molecule has 7 heteroatoms. The van der Waals surface area contributed by atoms with Crippen LogP contribution in [0.5, 0.6) is 11.5 Å². The van der Waals surface area contributed by atoms with Crippen LogP contribution in [0.2, 0.25) is 0 Å². The van der Waals surface area contributed by atoms with Crippen molar-refractivity contribution < 1.29 is 33.9 Å². The Morgan fingerprint density at radius 1 is 1.13 bits per heavy atom. The largest absolute Gasteiger partial charge is 0.504 e. The van der Waals surface area contributed by atoms with Gasteiger partial charge in [-0.15, -0.1) is 0 Å². The highest BCUT2D eigenvalue weighted by Crippen LogP contribution is 2.39. The van der Waals surface area contributed by atoms with Crippen molar-refractivity contribution in [3.05, 3.63) is 47.8 Å². The fourth-order valence-electron chi connectivity index (χ4n) is 3.94. The molecule has 1 aliphatic heterocycles. The van der Waals surface area contributed by atoms with Crippen molar-refractivity contribution in [2.24, 2.45) is 0 Å². The Kier molecular flexibility index (Phi) is 6.67. The smallest absolute Gasteiger partial charge is 0.229 e. The van der Waals surface area contributed by atoms with Crippen molar-refractivity contribution >= 4 is 0 Å². The van der Waals surface area contributed by atoms with Crippen LogP contribution in [0.15, 0.2) is 36.4 Å². The third-order valence-corrected chi connectivity index (χ3v) is 5.38.